The van der Waals surface area contributed by atoms with Crippen molar-refractivity contribution in [2.45, 2.75) is 26.3 Å². The zero-order valence-corrected chi connectivity index (χ0v) is 16.1. The second-order valence-electron chi connectivity index (χ2n) is 6.38. The largest absolute Gasteiger partial charge is 0.356 e. The number of carbonyl (C=O) groups excluding carboxylic acids is 1. The summed E-state index contributed by atoms with van der Waals surface area (Å²) in [5.41, 5.74) is 9.60. The molecule has 2 aromatic rings. The van der Waals surface area contributed by atoms with Gasteiger partial charge in [0, 0.05) is 10.6 Å². The number of hydrogen-bond acceptors (Lipinski definition) is 8. The molecule has 0 saturated carbocycles. The SMILES string of the molecule is CC(C)(C)NNc1ncnc(NNC(=O)c2ccc(Cl)cc2Cl)c1[N+](=O)[O-]. The lowest BCUT2D eigenvalue weighted by Crippen LogP contribution is -2.40. The highest BCUT2D eigenvalue weighted by Gasteiger charge is 2.24. The molecule has 2 rings (SSSR count). The third-order valence-corrected chi connectivity index (χ3v) is 3.58. The molecule has 0 aliphatic heterocycles. The van der Waals surface area contributed by atoms with Crippen molar-refractivity contribution in [2.24, 2.45) is 0 Å². The number of aromatic nitrogens is 2. The molecule has 1 aromatic carbocycles. The highest BCUT2D eigenvalue weighted by atomic mass is 35.5. The zero-order chi connectivity index (χ0) is 20.2. The average molecular weight is 414 g/mol. The van der Waals surface area contributed by atoms with Crippen LogP contribution in [0.5, 0.6) is 0 Å². The van der Waals surface area contributed by atoms with Crippen LogP contribution in [0.15, 0.2) is 24.5 Å². The number of hydrogen-bond donors (Lipinski definition) is 4. The van der Waals surface area contributed by atoms with Gasteiger partial charge in [-0.15, -0.1) is 0 Å². The van der Waals surface area contributed by atoms with E-state index < -0.39 is 16.5 Å². The van der Waals surface area contributed by atoms with Gasteiger partial charge in [-0.25, -0.2) is 15.4 Å². The third kappa shape index (κ3) is 5.64. The predicted octanol–water partition coefficient (Wildman–Crippen LogP) is 3.16. The maximum atomic E-state index is 12.2. The molecule has 0 aliphatic carbocycles. The molecule has 10 nitrogen and oxygen atoms in total. The van der Waals surface area contributed by atoms with Crippen LogP contribution in [0.2, 0.25) is 10.0 Å². The molecule has 0 fully saturated rings. The van der Waals surface area contributed by atoms with Crippen LogP contribution in [-0.2, 0) is 0 Å². The van der Waals surface area contributed by atoms with Gasteiger partial charge in [-0.05, 0) is 39.0 Å². The highest BCUT2D eigenvalue weighted by Crippen LogP contribution is 2.28. The molecule has 144 valence electrons. The van der Waals surface area contributed by atoms with Gasteiger partial charge in [0.25, 0.3) is 5.91 Å². The van der Waals surface area contributed by atoms with Crippen molar-refractivity contribution in [2.75, 3.05) is 10.9 Å². The van der Waals surface area contributed by atoms with Crippen molar-refractivity contribution >= 4 is 46.4 Å². The van der Waals surface area contributed by atoms with Gasteiger partial charge in [-0.1, -0.05) is 23.2 Å². The molecule has 0 spiro atoms. The van der Waals surface area contributed by atoms with Crippen molar-refractivity contribution in [1.82, 2.24) is 20.8 Å². The van der Waals surface area contributed by atoms with Crippen molar-refractivity contribution in [3.63, 3.8) is 0 Å². The number of anilines is 2. The molecule has 0 aliphatic rings. The fraction of sp³-hybridized carbons (Fsp3) is 0.267. The number of carbonyl (C=O) groups is 1. The Balaban J connectivity index is 2.20. The molecule has 1 aromatic heterocycles. The summed E-state index contributed by atoms with van der Waals surface area (Å²) >= 11 is 11.8. The Labute approximate surface area is 164 Å². The van der Waals surface area contributed by atoms with Gasteiger partial charge in [0.1, 0.15) is 6.33 Å². The minimum Gasteiger partial charge on any atom is -0.299 e. The first kappa shape index (κ1) is 20.6. The number of amides is 1. The molecule has 27 heavy (non-hydrogen) atoms. The Kier molecular flexibility index (Phi) is 6.37. The second kappa shape index (κ2) is 8.33. The van der Waals surface area contributed by atoms with Gasteiger partial charge < -0.3 is 0 Å². The number of nitrogens with one attached hydrogen (secondary N) is 4. The topological polar surface area (TPSA) is 134 Å². The van der Waals surface area contributed by atoms with E-state index in [0.29, 0.717) is 5.02 Å². The fourth-order valence-electron chi connectivity index (χ4n) is 1.84. The second-order valence-corrected chi connectivity index (χ2v) is 7.22. The van der Waals surface area contributed by atoms with Gasteiger partial charge in [0.15, 0.2) is 0 Å². The van der Waals surface area contributed by atoms with E-state index in [1.165, 1.54) is 18.2 Å². The van der Waals surface area contributed by atoms with E-state index in [2.05, 4.69) is 31.7 Å². The van der Waals surface area contributed by atoms with Crippen LogP contribution in [0.25, 0.3) is 0 Å². The van der Waals surface area contributed by atoms with Crippen molar-refractivity contribution in [3.05, 3.63) is 50.2 Å². The Bertz CT molecular complexity index is 871. The van der Waals surface area contributed by atoms with E-state index in [4.69, 9.17) is 23.2 Å². The summed E-state index contributed by atoms with van der Waals surface area (Å²) < 4.78 is 0. The van der Waals surface area contributed by atoms with Crippen molar-refractivity contribution in [3.8, 4) is 0 Å². The van der Waals surface area contributed by atoms with Crippen LogP contribution in [0, 0.1) is 10.1 Å². The summed E-state index contributed by atoms with van der Waals surface area (Å²) in [7, 11) is 0. The number of halogens is 2. The minimum absolute atomic E-state index is 0.0637. The van der Waals surface area contributed by atoms with Gasteiger partial charge in [-0.3, -0.25) is 31.2 Å². The van der Waals surface area contributed by atoms with Crippen LogP contribution in [0.1, 0.15) is 31.1 Å². The van der Waals surface area contributed by atoms with Gasteiger partial charge in [-0.2, -0.15) is 0 Å². The molecule has 12 heteroatoms. The smallest absolute Gasteiger partial charge is 0.299 e. The summed E-state index contributed by atoms with van der Waals surface area (Å²) in [4.78, 5) is 30.7. The number of nitrogens with zero attached hydrogens (tertiary/aromatic N) is 3. The van der Waals surface area contributed by atoms with Crippen LogP contribution in [0.4, 0.5) is 17.3 Å². The Morgan fingerprint density at radius 1 is 1.15 bits per heavy atom. The maximum Gasteiger partial charge on any atom is 0.356 e. The Morgan fingerprint density at radius 2 is 1.78 bits per heavy atom. The molecule has 0 atom stereocenters. The monoisotopic (exact) mass is 413 g/mol. The molecule has 4 N–H and O–H groups in total. The maximum absolute atomic E-state index is 12.2. The van der Waals surface area contributed by atoms with Crippen LogP contribution in [-0.4, -0.2) is 26.3 Å². The normalized spacial score (nSPS) is 11.0. The minimum atomic E-state index is -0.670. The van der Waals surface area contributed by atoms with E-state index in [1.54, 1.807) is 0 Å². The van der Waals surface area contributed by atoms with Gasteiger partial charge in [0.2, 0.25) is 11.6 Å². The van der Waals surface area contributed by atoms with Crippen molar-refractivity contribution < 1.29 is 9.72 Å². The quantitative estimate of drug-likeness (QED) is 0.418. The van der Waals surface area contributed by atoms with Crippen molar-refractivity contribution in [1.29, 1.82) is 0 Å². The fourth-order valence-corrected chi connectivity index (χ4v) is 2.33. The highest BCUT2D eigenvalue weighted by molar-refractivity contribution is 6.36. The van der Waals surface area contributed by atoms with Crippen LogP contribution >= 0.6 is 23.2 Å². The van der Waals surface area contributed by atoms with E-state index in [0.717, 1.165) is 6.33 Å². The Hall–Kier alpha value is -2.69. The van der Waals surface area contributed by atoms with E-state index in [1.807, 2.05) is 20.8 Å². The molecule has 0 bridgehead atoms. The average Bonchev–Trinajstić information content (AvgIpc) is 2.56. The lowest BCUT2D eigenvalue weighted by Gasteiger charge is -2.21. The lowest BCUT2D eigenvalue weighted by atomic mass is 10.1. The van der Waals surface area contributed by atoms with Gasteiger partial charge in [0.05, 0.1) is 15.5 Å². The molecule has 1 amide bonds. The predicted molar refractivity (Wildman–Crippen MR) is 103 cm³/mol. The Morgan fingerprint density at radius 3 is 2.33 bits per heavy atom. The molecule has 1 heterocycles. The van der Waals surface area contributed by atoms with E-state index >= 15 is 0 Å². The molecule has 0 unspecified atom stereocenters. The number of rotatable bonds is 6. The summed E-state index contributed by atoms with van der Waals surface area (Å²) in [5.74, 6) is -0.884. The molecular weight excluding hydrogens is 397 g/mol. The summed E-state index contributed by atoms with van der Waals surface area (Å²) in [5, 5.41) is 12.0. The third-order valence-electron chi connectivity index (χ3n) is 3.03. The van der Waals surface area contributed by atoms with Gasteiger partial charge >= 0.3 is 5.69 Å². The zero-order valence-electron chi connectivity index (χ0n) is 14.6. The lowest BCUT2D eigenvalue weighted by molar-refractivity contribution is -0.383. The molecule has 0 radical (unpaired) electrons. The van der Waals surface area contributed by atoms with Crippen LogP contribution in [0.3, 0.4) is 0 Å². The number of hydrazine groups is 2. The molecule has 0 saturated heterocycles. The molecular formula is C15H17Cl2N7O3. The first-order valence-corrected chi connectivity index (χ1v) is 8.38. The van der Waals surface area contributed by atoms with E-state index in [9.17, 15) is 14.9 Å². The standard InChI is InChI=1S/C15H17Cl2N7O3/c1-15(2,3)23-21-13-11(24(26)27)12(18-7-19-13)20-22-14(25)9-5-4-8(16)6-10(9)17/h4-7,23H,1-3H3,(H,22,25)(H2,18,19,20,21). The number of benzene rings is 1. The summed E-state index contributed by atoms with van der Waals surface area (Å²) in [6.07, 6.45) is 1.11. The first-order valence-electron chi connectivity index (χ1n) is 7.62. The number of nitro groups is 1. The van der Waals surface area contributed by atoms with Crippen LogP contribution < -0.4 is 21.7 Å². The van der Waals surface area contributed by atoms with E-state index in [-0.39, 0.29) is 27.8 Å². The summed E-state index contributed by atoms with van der Waals surface area (Å²) in [6, 6.07) is 4.33. The summed E-state index contributed by atoms with van der Waals surface area (Å²) in [6.45, 7) is 5.59. The first-order chi connectivity index (χ1) is 12.6.